The van der Waals surface area contributed by atoms with Crippen molar-refractivity contribution < 1.29 is 24.9 Å². The minimum Gasteiger partial charge on any atom is -0.394 e. The van der Waals surface area contributed by atoms with Crippen LogP contribution in [0.1, 0.15) is 0 Å². The second-order valence-electron chi connectivity index (χ2n) is 2.44. The Morgan fingerprint density at radius 2 is 2.27 bits per heavy atom. The van der Waals surface area contributed by atoms with Crippen molar-refractivity contribution >= 4 is 6.29 Å². The molecule has 4 atom stereocenters. The highest BCUT2D eigenvalue weighted by molar-refractivity contribution is 5.59. The van der Waals surface area contributed by atoms with E-state index in [2.05, 4.69) is 0 Å². The molecule has 5 nitrogen and oxygen atoms in total. The lowest BCUT2D eigenvalue weighted by Gasteiger charge is -2.40. The van der Waals surface area contributed by atoms with Gasteiger partial charge in [0.1, 0.15) is 24.4 Å². The normalized spacial score (nSPS) is 39.4. The summed E-state index contributed by atoms with van der Waals surface area (Å²) >= 11 is 0. The predicted molar refractivity (Wildman–Crippen MR) is 33.8 cm³/mol. The molecule has 0 saturated carbocycles. The van der Waals surface area contributed by atoms with Crippen LogP contribution in [0, 0.1) is 0 Å². The molecule has 1 rings (SSSR count). The zero-order chi connectivity index (χ0) is 8.43. The van der Waals surface area contributed by atoms with E-state index in [9.17, 15) is 4.79 Å². The average molecular weight is 162 g/mol. The number of carbonyl (C=O) groups excluding carboxylic acids is 1. The number of ether oxygens (including phenoxy) is 1. The smallest absolute Gasteiger partial charge is 0.151 e. The summed E-state index contributed by atoms with van der Waals surface area (Å²) in [5, 5.41) is 26.4. The van der Waals surface area contributed by atoms with Crippen LogP contribution in [0.3, 0.4) is 0 Å². The molecular weight excluding hydrogens is 152 g/mol. The van der Waals surface area contributed by atoms with Crippen molar-refractivity contribution in [3.05, 3.63) is 0 Å². The van der Waals surface area contributed by atoms with E-state index in [4.69, 9.17) is 20.1 Å². The van der Waals surface area contributed by atoms with E-state index in [1.165, 1.54) is 0 Å². The molecule has 0 aromatic rings. The first-order valence-electron chi connectivity index (χ1n) is 3.28. The zero-order valence-corrected chi connectivity index (χ0v) is 5.75. The average Bonchev–Trinajstić information content (AvgIpc) is 2.02. The third kappa shape index (κ3) is 1.41. The van der Waals surface area contributed by atoms with E-state index >= 15 is 0 Å². The first-order valence-corrected chi connectivity index (χ1v) is 3.28. The molecule has 11 heavy (non-hydrogen) atoms. The summed E-state index contributed by atoms with van der Waals surface area (Å²) in [6.45, 7) is -0.479. The maximum Gasteiger partial charge on any atom is 0.151 e. The lowest BCUT2D eigenvalue weighted by molar-refractivity contribution is -0.243. The van der Waals surface area contributed by atoms with E-state index in [0.29, 0.717) is 6.29 Å². The van der Waals surface area contributed by atoms with E-state index in [0.717, 1.165) is 0 Å². The van der Waals surface area contributed by atoms with Gasteiger partial charge in [-0.25, -0.2) is 0 Å². The standard InChI is InChI=1S/C6H10O5/c7-1-3(9)6-5(10)4(2-8)11-6/h2-7,9-10H,1H2/t3-,4+,5-,6-/m1/s1. The SMILES string of the molecule is O=C[C@@H]1O[C@H]([C@H](O)CO)[C@@H]1O. The molecule has 1 aliphatic rings. The Labute approximate surface area is 63.2 Å². The van der Waals surface area contributed by atoms with Gasteiger partial charge in [0.2, 0.25) is 0 Å². The Morgan fingerprint density at radius 3 is 2.64 bits per heavy atom. The highest BCUT2D eigenvalue weighted by Crippen LogP contribution is 2.22. The van der Waals surface area contributed by atoms with Crippen LogP contribution in [-0.4, -0.2) is 52.6 Å². The first-order chi connectivity index (χ1) is 5.20. The molecule has 0 radical (unpaired) electrons. The lowest BCUT2D eigenvalue weighted by Crippen LogP contribution is -2.60. The van der Waals surface area contributed by atoms with Gasteiger partial charge in [-0.15, -0.1) is 0 Å². The molecule has 3 N–H and O–H groups in total. The van der Waals surface area contributed by atoms with Crippen molar-refractivity contribution in [1.82, 2.24) is 0 Å². The van der Waals surface area contributed by atoms with Crippen LogP contribution in [0.15, 0.2) is 0 Å². The molecule has 0 bridgehead atoms. The Bertz CT molecular complexity index is 148. The topological polar surface area (TPSA) is 87.0 Å². The molecule has 5 heteroatoms. The summed E-state index contributed by atoms with van der Waals surface area (Å²) in [6, 6.07) is 0. The molecular formula is C6H10O5. The Balaban J connectivity index is 2.37. The molecule has 0 spiro atoms. The van der Waals surface area contributed by atoms with Crippen molar-refractivity contribution in [2.75, 3.05) is 6.61 Å². The van der Waals surface area contributed by atoms with Crippen LogP contribution in [0.2, 0.25) is 0 Å². The minimum absolute atomic E-state index is 0.464. The number of rotatable bonds is 3. The molecule has 0 amide bonds. The van der Waals surface area contributed by atoms with E-state index in [1.54, 1.807) is 0 Å². The van der Waals surface area contributed by atoms with Gasteiger partial charge in [-0.3, -0.25) is 0 Å². The van der Waals surface area contributed by atoms with Crippen LogP contribution in [-0.2, 0) is 9.53 Å². The molecule has 0 unspecified atom stereocenters. The van der Waals surface area contributed by atoms with Gasteiger partial charge in [-0.2, -0.15) is 0 Å². The molecule has 1 heterocycles. The van der Waals surface area contributed by atoms with Gasteiger partial charge >= 0.3 is 0 Å². The minimum atomic E-state index is -1.11. The molecule has 1 fully saturated rings. The number of hydrogen-bond acceptors (Lipinski definition) is 5. The number of aliphatic hydroxyl groups is 3. The van der Waals surface area contributed by atoms with Crippen LogP contribution in [0.5, 0.6) is 0 Å². The fraction of sp³-hybridized carbons (Fsp3) is 0.833. The summed E-state index contributed by atoms with van der Waals surface area (Å²) in [4.78, 5) is 10.0. The van der Waals surface area contributed by atoms with Gasteiger partial charge in [0.15, 0.2) is 6.29 Å². The van der Waals surface area contributed by atoms with Gasteiger partial charge in [0, 0.05) is 0 Å². The van der Waals surface area contributed by atoms with Crippen molar-refractivity contribution in [2.45, 2.75) is 24.4 Å². The monoisotopic (exact) mass is 162 g/mol. The second kappa shape index (κ2) is 3.27. The van der Waals surface area contributed by atoms with Crippen LogP contribution >= 0.6 is 0 Å². The summed E-state index contributed by atoms with van der Waals surface area (Å²) in [5.41, 5.74) is 0. The zero-order valence-electron chi connectivity index (χ0n) is 5.75. The fourth-order valence-corrected chi connectivity index (χ4v) is 0.975. The highest BCUT2D eigenvalue weighted by Gasteiger charge is 2.44. The van der Waals surface area contributed by atoms with Crippen LogP contribution in [0.4, 0.5) is 0 Å². The largest absolute Gasteiger partial charge is 0.394 e. The van der Waals surface area contributed by atoms with E-state index in [-0.39, 0.29) is 0 Å². The molecule has 0 aromatic heterocycles. The van der Waals surface area contributed by atoms with Crippen molar-refractivity contribution in [1.29, 1.82) is 0 Å². The number of hydrogen-bond donors (Lipinski definition) is 3. The Kier molecular flexibility index (Phi) is 2.56. The second-order valence-corrected chi connectivity index (χ2v) is 2.44. The van der Waals surface area contributed by atoms with Crippen molar-refractivity contribution in [2.24, 2.45) is 0 Å². The third-order valence-electron chi connectivity index (χ3n) is 1.69. The predicted octanol–water partition coefficient (Wildman–Crippen LogP) is -2.33. The van der Waals surface area contributed by atoms with Gasteiger partial charge in [0.25, 0.3) is 0 Å². The van der Waals surface area contributed by atoms with E-state index in [1.807, 2.05) is 0 Å². The third-order valence-corrected chi connectivity index (χ3v) is 1.69. The number of aldehydes is 1. The Hall–Kier alpha value is -0.490. The maximum atomic E-state index is 10.0. The molecule has 1 aliphatic heterocycles. The number of aliphatic hydroxyl groups excluding tert-OH is 3. The molecule has 1 saturated heterocycles. The van der Waals surface area contributed by atoms with Crippen molar-refractivity contribution in [3.8, 4) is 0 Å². The molecule has 64 valence electrons. The van der Waals surface area contributed by atoms with Gasteiger partial charge in [0.05, 0.1) is 6.61 Å². The van der Waals surface area contributed by atoms with Gasteiger partial charge < -0.3 is 24.9 Å². The summed E-state index contributed by atoms with van der Waals surface area (Å²) in [6.07, 6.45) is -3.31. The quantitative estimate of drug-likeness (QED) is 0.405. The van der Waals surface area contributed by atoms with Crippen molar-refractivity contribution in [3.63, 3.8) is 0 Å². The molecule has 0 aromatic carbocycles. The van der Waals surface area contributed by atoms with Gasteiger partial charge in [-0.1, -0.05) is 0 Å². The van der Waals surface area contributed by atoms with E-state index < -0.39 is 31.0 Å². The van der Waals surface area contributed by atoms with Gasteiger partial charge in [-0.05, 0) is 0 Å². The first kappa shape index (κ1) is 8.61. The fourth-order valence-electron chi connectivity index (χ4n) is 0.975. The highest BCUT2D eigenvalue weighted by atomic mass is 16.6. The lowest BCUT2D eigenvalue weighted by atomic mass is 9.97. The summed E-state index contributed by atoms with van der Waals surface area (Å²) in [5.74, 6) is 0. The maximum absolute atomic E-state index is 10.0. The molecule has 0 aliphatic carbocycles. The summed E-state index contributed by atoms with van der Waals surface area (Å²) < 4.78 is 4.73. The number of carbonyl (C=O) groups is 1. The van der Waals surface area contributed by atoms with Crippen LogP contribution < -0.4 is 0 Å². The Morgan fingerprint density at radius 1 is 1.64 bits per heavy atom. The van der Waals surface area contributed by atoms with Crippen LogP contribution in [0.25, 0.3) is 0 Å². The summed E-state index contributed by atoms with van der Waals surface area (Å²) in [7, 11) is 0.